The SMILES string of the molecule is C/C(CN)=N\NC(=O)c1c(C)cccc1C. The van der Waals surface area contributed by atoms with Crippen LogP contribution in [0.25, 0.3) is 0 Å². The number of rotatable bonds is 3. The van der Waals surface area contributed by atoms with E-state index in [1.165, 1.54) is 0 Å². The van der Waals surface area contributed by atoms with Crippen molar-refractivity contribution in [3.8, 4) is 0 Å². The summed E-state index contributed by atoms with van der Waals surface area (Å²) in [5.41, 5.74) is 11.1. The fourth-order valence-electron chi connectivity index (χ4n) is 1.42. The molecule has 1 aromatic carbocycles. The quantitative estimate of drug-likeness (QED) is 0.595. The van der Waals surface area contributed by atoms with Gasteiger partial charge in [-0.25, -0.2) is 5.43 Å². The van der Waals surface area contributed by atoms with E-state index < -0.39 is 0 Å². The summed E-state index contributed by atoms with van der Waals surface area (Å²) in [4.78, 5) is 11.8. The average molecular weight is 219 g/mol. The molecule has 0 radical (unpaired) electrons. The van der Waals surface area contributed by atoms with E-state index in [1.54, 1.807) is 6.92 Å². The van der Waals surface area contributed by atoms with Crippen molar-refractivity contribution in [3.63, 3.8) is 0 Å². The molecule has 0 spiro atoms. The zero-order chi connectivity index (χ0) is 12.1. The number of aryl methyl sites for hydroxylation is 2. The highest BCUT2D eigenvalue weighted by molar-refractivity contribution is 5.97. The smallest absolute Gasteiger partial charge is 0.271 e. The van der Waals surface area contributed by atoms with Crippen LogP contribution in [0.15, 0.2) is 23.3 Å². The molecular weight excluding hydrogens is 202 g/mol. The van der Waals surface area contributed by atoms with Crippen LogP contribution in [0.4, 0.5) is 0 Å². The van der Waals surface area contributed by atoms with Gasteiger partial charge in [0.05, 0.1) is 0 Å². The lowest BCUT2D eigenvalue weighted by molar-refractivity contribution is 0.0953. The molecule has 0 atom stereocenters. The van der Waals surface area contributed by atoms with E-state index in [9.17, 15) is 4.79 Å². The second kappa shape index (κ2) is 5.42. The van der Waals surface area contributed by atoms with Crippen LogP contribution in [-0.2, 0) is 0 Å². The van der Waals surface area contributed by atoms with E-state index in [4.69, 9.17) is 5.73 Å². The topological polar surface area (TPSA) is 67.5 Å². The Kier molecular flexibility index (Phi) is 4.19. The molecule has 0 aliphatic heterocycles. The maximum atomic E-state index is 11.8. The first-order valence-corrected chi connectivity index (χ1v) is 5.16. The molecule has 16 heavy (non-hydrogen) atoms. The number of hydrogen-bond acceptors (Lipinski definition) is 3. The van der Waals surface area contributed by atoms with Crippen LogP contribution in [0.5, 0.6) is 0 Å². The van der Waals surface area contributed by atoms with E-state index >= 15 is 0 Å². The Hall–Kier alpha value is -1.68. The van der Waals surface area contributed by atoms with Crippen LogP contribution in [0.1, 0.15) is 28.4 Å². The Morgan fingerprint density at radius 3 is 2.44 bits per heavy atom. The van der Waals surface area contributed by atoms with Crippen molar-refractivity contribution in [2.45, 2.75) is 20.8 Å². The first-order chi connectivity index (χ1) is 7.56. The average Bonchev–Trinajstić information content (AvgIpc) is 2.25. The normalized spacial score (nSPS) is 11.4. The minimum absolute atomic E-state index is 0.191. The summed E-state index contributed by atoms with van der Waals surface area (Å²) in [6, 6.07) is 5.73. The van der Waals surface area contributed by atoms with Crippen LogP contribution in [0.3, 0.4) is 0 Å². The second-order valence-electron chi connectivity index (χ2n) is 3.76. The highest BCUT2D eigenvalue weighted by atomic mass is 16.2. The number of amides is 1. The molecule has 4 heteroatoms. The monoisotopic (exact) mass is 219 g/mol. The molecule has 86 valence electrons. The lowest BCUT2D eigenvalue weighted by Gasteiger charge is -2.07. The molecule has 0 aliphatic carbocycles. The number of nitrogens with zero attached hydrogens (tertiary/aromatic N) is 1. The molecule has 1 rings (SSSR count). The molecule has 0 fully saturated rings. The molecule has 0 aromatic heterocycles. The van der Waals surface area contributed by atoms with Gasteiger partial charge in [-0.2, -0.15) is 5.10 Å². The standard InChI is InChI=1S/C12H17N3O/c1-8-5-4-6-9(2)11(8)12(16)15-14-10(3)7-13/h4-6H,7,13H2,1-3H3,(H,15,16)/b14-10+. The fourth-order valence-corrected chi connectivity index (χ4v) is 1.42. The lowest BCUT2D eigenvalue weighted by atomic mass is 10.0. The van der Waals surface area contributed by atoms with Crippen LogP contribution >= 0.6 is 0 Å². The molecule has 0 heterocycles. The molecule has 0 saturated carbocycles. The maximum Gasteiger partial charge on any atom is 0.271 e. The Morgan fingerprint density at radius 2 is 1.94 bits per heavy atom. The van der Waals surface area contributed by atoms with Crippen molar-refractivity contribution < 1.29 is 4.79 Å². The minimum atomic E-state index is -0.191. The largest absolute Gasteiger partial charge is 0.325 e. The summed E-state index contributed by atoms with van der Waals surface area (Å²) >= 11 is 0. The second-order valence-corrected chi connectivity index (χ2v) is 3.76. The minimum Gasteiger partial charge on any atom is -0.325 e. The van der Waals surface area contributed by atoms with Crippen molar-refractivity contribution >= 4 is 11.6 Å². The number of carbonyl (C=O) groups is 1. The van der Waals surface area contributed by atoms with Gasteiger partial charge in [0, 0.05) is 17.8 Å². The number of nitrogens with two attached hydrogens (primary N) is 1. The summed E-state index contributed by atoms with van der Waals surface area (Å²) in [5, 5.41) is 3.89. The lowest BCUT2D eigenvalue weighted by Crippen LogP contribution is -2.23. The Labute approximate surface area is 95.5 Å². The predicted octanol–water partition coefficient (Wildman–Crippen LogP) is 1.37. The van der Waals surface area contributed by atoms with Crippen molar-refractivity contribution in [2.24, 2.45) is 10.8 Å². The number of carbonyl (C=O) groups excluding carboxylic acids is 1. The van der Waals surface area contributed by atoms with Gasteiger partial charge in [0.2, 0.25) is 0 Å². The van der Waals surface area contributed by atoms with Crippen LogP contribution in [0, 0.1) is 13.8 Å². The van der Waals surface area contributed by atoms with Gasteiger partial charge in [0.1, 0.15) is 0 Å². The van der Waals surface area contributed by atoms with Gasteiger partial charge < -0.3 is 5.73 Å². The van der Waals surface area contributed by atoms with Crippen LogP contribution < -0.4 is 11.2 Å². The van der Waals surface area contributed by atoms with E-state index in [2.05, 4.69) is 10.5 Å². The van der Waals surface area contributed by atoms with Gasteiger partial charge in [-0.15, -0.1) is 0 Å². The van der Waals surface area contributed by atoms with Crippen molar-refractivity contribution in [2.75, 3.05) is 6.54 Å². The third-order valence-electron chi connectivity index (χ3n) is 2.35. The van der Waals surface area contributed by atoms with E-state index in [-0.39, 0.29) is 5.91 Å². The van der Waals surface area contributed by atoms with E-state index in [1.807, 2.05) is 32.0 Å². The van der Waals surface area contributed by atoms with E-state index in [0.29, 0.717) is 17.8 Å². The molecule has 0 aliphatic rings. The number of hydrogen-bond donors (Lipinski definition) is 2. The molecule has 3 N–H and O–H groups in total. The van der Waals surface area contributed by atoms with Crippen molar-refractivity contribution in [1.29, 1.82) is 0 Å². The van der Waals surface area contributed by atoms with Crippen molar-refractivity contribution in [1.82, 2.24) is 5.43 Å². The van der Waals surface area contributed by atoms with Gasteiger partial charge in [-0.1, -0.05) is 18.2 Å². The third kappa shape index (κ3) is 2.90. The van der Waals surface area contributed by atoms with Gasteiger partial charge in [0.25, 0.3) is 5.91 Å². The van der Waals surface area contributed by atoms with Crippen LogP contribution in [0.2, 0.25) is 0 Å². The predicted molar refractivity (Wildman–Crippen MR) is 65.5 cm³/mol. The molecule has 0 saturated heterocycles. The van der Waals surface area contributed by atoms with Crippen LogP contribution in [-0.4, -0.2) is 18.2 Å². The Morgan fingerprint density at radius 1 is 1.38 bits per heavy atom. The Balaban J connectivity index is 2.89. The Bertz CT molecular complexity index is 404. The summed E-state index contributed by atoms with van der Waals surface area (Å²) in [6.45, 7) is 5.92. The number of nitrogens with one attached hydrogen (secondary N) is 1. The molecule has 4 nitrogen and oxygen atoms in total. The molecule has 0 bridgehead atoms. The van der Waals surface area contributed by atoms with Gasteiger partial charge in [-0.3, -0.25) is 4.79 Å². The third-order valence-corrected chi connectivity index (χ3v) is 2.35. The molecule has 0 unspecified atom stereocenters. The fraction of sp³-hybridized carbons (Fsp3) is 0.333. The summed E-state index contributed by atoms with van der Waals surface area (Å²) in [6.07, 6.45) is 0. The molecule has 1 aromatic rings. The van der Waals surface area contributed by atoms with Gasteiger partial charge in [0.15, 0.2) is 0 Å². The zero-order valence-electron chi connectivity index (χ0n) is 9.87. The highest BCUT2D eigenvalue weighted by Crippen LogP contribution is 2.12. The number of benzene rings is 1. The summed E-state index contributed by atoms with van der Waals surface area (Å²) in [5.74, 6) is -0.191. The molecular formula is C12H17N3O. The number of hydrazone groups is 1. The maximum absolute atomic E-state index is 11.8. The first-order valence-electron chi connectivity index (χ1n) is 5.16. The highest BCUT2D eigenvalue weighted by Gasteiger charge is 2.10. The zero-order valence-corrected chi connectivity index (χ0v) is 9.87. The van der Waals surface area contributed by atoms with Gasteiger partial charge >= 0.3 is 0 Å². The summed E-state index contributed by atoms with van der Waals surface area (Å²) < 4.78 is 0. The first kappa shape index (κ1) is 12.4. The summed E-state index contributed by atoms with van der Waals surface area (Å²) in [7, 11) is 0. The molecule has 1 amide bonds. The van der Waals surface area contributed by atoms with Gasteiger partial charge in [-0.05, 0) is 31.9 Å². The van der Waals surface area contributed by atoms with E-state index in [0.717, 1.165) is 11.1 Å². The van der Waals surface area contributed by atoms with Crippen molar-refractivity contribution in [3.05, 3.63) is 34.9 Å².